The van der Waals surface area contributed by atoms with E-state index in [1.807, 2.05) is 0 Å². The van der Waals surface area contributed by atoms with Crippen LogP contribution in [0.15, 0.2) is 48.5 Å². The summed E-state index contributed by atoms with van der Waals surface area (Å²) in [7, 11) is 0. The average Bonchev–Trinajstić information content (AvgIpc) is 2.46. The smallest absolute Gasteiger partial charge is 0.221 e. The number of Topliss-reactive ketones (excluding diaryl/α,β-unsaturated/α-hetero) is 1. The van der Waals surface area contributed by atoms with Gasteiger partial charge >= 0.3 is 0 Å². The maximum Gasteiger partial charge on any atom is 0.221 e. The Hall–Kier alpha value is -2.33. The molecule has 2 rings (SSSR count). The fourth-order valence-electron chi connectivity index (χ4n) is 1.75. The van der Waals surface area contributed by atoms with Crippen LogP contribution in [0.1, 0.15) is 17.3 Å². The molecule has 0 atom stereocenters. The number of anilines is 1. The summed E-state index contributed by atoms with van der Waals surface area (Å²) in [5.41, 5.74) is 1.06. The molecule has 2 aromatic rings. The first-order valence-electron chi connectivity index (χ1n) is 6.34. The molecule has 4 nitrogen and oxygen atoms in total. The van der Waals surface area contributed by atoms with Crippen LogP contribution in [0.5, 0.6) is 5.75 Å². The van der Waals surface area contributed by atoms with Crippen LogP contribution in [0, 0.1) is 0 Å². The van der Waals surface area contributed by atoms with E-state index in [1.165, 1.54) is 6.92 Å². The Morgan fingerprint density at radius 2 is 1.76 bits per heavy atom. The SMILES string of the molecule is CC(=O)Nc1ccccc1OCC(=O)c1ccc(Cl)cc1. The zero-order chi connectivity index (χ0) is 15.2. The van der Waals surface area contributed by atoms with Gasteiger partial charge in [0, 0.05) is 17.5 Å². The molecule has 0 saturated heterocycles. The second-order valence-electron chi connectivity index (χ2n) is 4.40. The molecule has 1 amide bonds. The highest BCUT2D eigenvalue weighted by Gasteiger charge is 2.09. The molecule has 0 saturated carbocycles. The Morgan fingerprint density at radius 1 is 1.10 bits per heavy atom. The molecule has 1 N–H and O–H groups in total. The number of rotatable bonds is 5. The van der Waals surface area contributed by atoms with Crippen molar-refractivity contribution in [1.82, 2.24) is 0 Å². The van der Waals surface area contributed by atoms with Crippen LogP contribution in [-0.2, 0) is 4.79 Å². The third-order valence-electron chi connectivity index (χ3n) is 2.72. The van der Waals surface area contributed by atoms with E-state index in [9.17, 15) is 9.59 Å². The first-order chi connectivity index (χ1) is 10.1. The lowest BCUT2D eigenvalue weighted by atomic mass is 10.1. The highest BCUT2D eigenvalue weighted by atomic mass is 35.5. The van der Waals surface area contributed by atoms with Crippen molar-refractivity contribution in [2.75, 3.05) is 11.9 Å². The molecule has 0 aliphatic carbocycles. The number of hydrogen-bond donors (Lipinski definition) is 1. The Kier molecular flexibility index (Phi) is 4.95. The monoisotopic (exact) mass is 303 g/mol. The van der Waals surface area contributed by atoms with Crippen LogP contribution in [0.3, 0.4) is 0 Å². The summed E-state index contributed by atoms with van der Waals surface area (Å²) in [5, 5.41) is 3.22. The first-order valence-corrected chi connectivity index (χ1v) is 6.72. The molecular weight excluding hydrogens is 290 g/mol. The summed E-state index contributed by atoms with van der Waals surface area (Å²) in [6.45, 7) is 1.30. The summed E-state index contributed by atoms with van der Waals surface area (Å²) in [6.07, 6.45) is 0. The Labute approximate surface area is 127 Å². The summed E-state index contributed by atoms with van der Waals surface area (Å²) in [5.74, 6) is 0.0920. The van der Waals surface area contributed by atoms with Gasteiger partial charge in [-0.1, -0.05) is 23.7 Å². The molecule has 5 heteroatoms. The van der Waals surface area contributed by atoms with Crippen LogP contribution < -0.4 is 10.1 Å². The van der Waals surface area contributed by atoms with E-state index in [0.29, 0.717) is 22.0 Å². The van der Waals surface area contributed by atoms with E-state index in [0.717, 1.165) is 0 Å². The van der Waals surface area contributed by atoms with Crippen molar-refractivity contribution in [3.05, 3.63) is 59.1 Å². The minimum absolute atomic E-state index is 0.113. The van der Waals surface area contributed by atoms with Crippen LogP contribution >= 0.6 is 11.6 Å². The Morgan fingerprint density at radius 3 is 2.43 bits per heavy atom. The molecule has 21 heavy (non-hydrogen) atoms. The van der Waals surface area contributed by atoms with Gasteiger partial charge in [-0.2, -0.15) is 0 Å². The van der Waals surface area contributed by atoms with Crippen molar-refractivity contribution in [2.45, 2.75) is 6.92 Å². The predicted molar refractivity (Wildman–Crippen MR) is 82.0 cm³/mol. The molecule has 0 bridgehead atoms. The highest BCUT2D eigenvalue weighted by Crippen LogP contribution is 2.23. The molecule has 2 aromatic carbocycles. The number of ketones is 1. The molecule has 0 fully saturated rings. The van der Waals surface area contributed by atoms with Gasteiger partial charge in [-0.05, 0) is 36.4 Å². The molecular formula is C16H14ClNO3. The largest absolute Gasteiger partial charge is 0.483 e. The fourth-order valence-corrected chi connectivity index (χ4v) is 1.87. The second-order valence-corrected chi connectivity index (χ2v) is 4.83. The first kappa shape index (κ1) is 15.1. The Balaban J connectivity index is 2.04. The van der Waals surface area contributed by atoms with E-state index in [1.54, 1.807) is 48.5 Å². The predicted octanol–water partition coefficient (Wildman–Crippen LogP) is 3.56. The van der Waals surface area contributed by atoms with Crippen molar-refractivity contribution >= 4 is 29.0 Å². The van der Waals surface area contributed by atoms with Crippen LogP contribution in [-0.4, -0.2) is 18.3 Å². The van der Waals surface area contributed by atoms with E-state index < -0.39 is 0 Å². The normalized spacial score (nSPS) is 10.0. The third-order valence-corrected chi connectivity index (χ3v) is 2.97. The molecule has 0 heterocycles. The number of benzene rings is 2. The van der Waals surface area contributed by atoms with Gasteiger partial charge in [-0.15, -0.1) is 0 Å². The molecule has 0 aliphatic heterocycles. The van der Waals surface area contributed by atoms with Crippen molar-refractivity contribution < 1.29 is 14.3 Å². The number of hydrogen-bond acceptors (Lipinski definition) is 3. The quantitative estimate of drug-likeness (QED) is 0.859. The fraction of sp³-hybridized carbons (Fsp3) is 0.125. The van der Waals surface area contributed by atoms with Crippen molar-refractivity contribution in [2.24, 2.45) is 0 Å². The van der Waals surface area contributed by atoms with Gasteiger partial charge in [-0.3, -0.25) is 9.59 Å². The van der Waals surface area contributed by atoms with Gasteiger partial charge in [-0.25, -0.2) is 0 Å². The molecule has 0 unspecified atom stereocenters. The standard InChI is InChI=1S/C16H14ClNO3/c1-11(19)18-14-4-2-3-5-16(14)21-10-15(20)12-6-8-13(17)9-7-12/h2-9H,10H2,1H3,(H,18,19). The number of carbonyl (C=O) groups excluding carboxylic acids is 2. The van der Waals surface area contributed by atoms with Crippen LogP contribution in [0.2, 0.25) is 5.02 Å². The highest BCUT2D eigenvalue weighted by molar-refractivity contribution is 6.30. The van der Waals surface area contributed by atoms with Gasteiger partial charge in [0.05, 0.1) is 5.69 Å². The summed E-state index contributed by atoms with van der Waals surface area (Å²) in [6, 6.07) is 13.6. The molecule has 108 valence electrons. The number of para-hydroxylation sites is 2. The summed E-state index contributed by atoms with van der Waals surface area (Å²) < 4.78 is 5.49. The van der Waals surface area contributed by atoms with Crippen LogP contribution in [0.25, 0.3) is 0 Å². The maximum absolute atomic E-state index is 12.0. The minimum Gasteiger partial charge on any atom is -0.483 e. The summed E-state index contributed by atoms with van der Waals surface area (Å²) in [4.78, 5) is 23.1. The van der Waals surface area contributed by atoms with E-state index in [-0.39, 0.29) is 18.3 Å². The van der Waals surface area contributed by atoms with Crippen molar-refractivity contribution in [3.63, 3.8) is 0 Å². The molecule has 0 aromatic heterocycles. The minimum atomic E-state index is -0.199. The van der Waals surface area contributed by atoms with Gasteiger partial charge in [0.2, 0.25) is 5.91 Å². The molecule has 0 spiro atoms. The number of ether oxygens (including phenoxy) is 1. The number of halogens is 1. The Bertz CT molecular complexity index is 653. The number of carbonyl (C=O) groups is 2. The summed E-state index contributed by atoms with van der Waals surface area (Å²) >= 11 is 5.78. The lowest BCUT2D eigenvalue weighted by Gasteiger charge is -2.11. The van der Waals surface area contributed by atoms with Crippen molar-refractivity contribution in [3.8, 4) is 5.75 Å². The van der Waals surface area contributed by atoms with E-state index >= 15 is 0 Å². The van der Waals surface area contributed by atoms with E-state index in [2.05, 4.69) is 5.32 Å². The average molecular weight is 304 g/mol. The van der Waals surface area contributed by atoms with Gasteiger partial charge in [0.1, 0.15) is 5.75 Å². The van der Waals surface area contributed by atoms with E-state index in [4.69, 9.17) is 16.3 Å². The van der Waals surface area contributed by atoms with Gasteiger partial charge in [0.15, 0.2) is 12.4 Å². The third kappa shape index (κ3) is 4.33. The lowest BCUT2D eigenvalue weighted by molar-refractivity contribution is -0.114. The topological polar surface area (TPSA) is 55.4 Å². The molecule has 0 aliphatic rings. The maximum atomic E-state index is 12.0. The lowest BCUT2D eigenvalue weighted by Crippen LogP contribution is -2.13. The number of amides is 1. The van der Waals surface area contributed by atoms with Crippen molar-refractivity contribution in [1.29, 1.82) is 0 Å². The number of nitrogens with one attached hydrogen (secondary N) is 1. The zero-order valence-electron chi connectivity index (χ0n) is 11.4. The second kappa shape index (κ2) is 6.90. The van der Waals surface area contributed by atoms with Crippen LogP contribution in [0.4, 0.5) is 5.69 Å². The van der Waals surface area contributed by atoms with Gasteiger partial charge < -0.3 is 10.1 Å². The zero-order valence-corrected chi connectivity index (χ0v) is 12.2. The van der Waals surface area contributed by atoms with Gasteiger partial charge in [0.25, 0.3) is 0 Å². The molecule has 0 radical (unpaired) electrons.